The Morgan fingerprint density at radius 1 is 0.595 bits per heavy atom. The first-order valence-corrected chi connectivity index (χ1v) is 12.6. The second-order valence-electron chi connectivity index (χ2n) is 9.03. The number of nitrogens with one attached hydrogen (secondary N) is 2. The van der Waals surface area contributed by atoms with Crippen molar-refractivity contribution in [2.75, 3.05) is 0 Å². The number of benzene rings is 3. The third kappa shape index (κ3) is 7.37. The van der Waals surface area contributed by atoms with Crippen molar-refractivity contribution >= 4 is 55.6 Å². The summed E-state index contributed by atoms with van der Waals surface area (Å²) < 4.78 is 0. The Labute approximate surface area is 250 Å². The summed E-state index contributed by atoms with van der Waals surface area (Å²) in [6.45, 7) is 0. The van der Waals surface area contributed by atoms with Crippen LogP contribution in [0.5, 0.6) is 0 Å². The molecule has 10 heteroatoms. The van der Waals surface area contributed by atoms with Gasteiger partial charge in [-0.25, -0.2) is 0 Å². The maximum Gasteiger partial charge on any atom is 2.00 e. The van der Waals surface area contributed by atoms with Gasteiger partial charge in [0.1, 0.15) is 0 Å². The van der Waals surface area contributed by atoms with E-state index in [0.29, 0.717) is 0 Å². The van der Waals surface area contributed by atoms with Gasteiger partial charge in [-0.3, -0.25) is 9.97 Å². The van der Waals surface area contributed by atoms with Crippen LogP contribution in [-0.2, 0) is 44.7 Å². The summed E-state index contributed by atoms with van der Waals surface area (Å²) in [5.74, 6) is -2.10. The Morgan fingerprint density at radius 3 is 1.40 bits per heavy atom. The molecular formula is C32H27CoN4O5+. The predicted molar refractivity (Wildman–Crippen MR) is 156 cm³/mol. The van der Waals surface area contributed by atoms with Gasteiger partial charge in [-0.1, -0.05) is 60.7 Å². The number of para-hydroxylation sites is 2. The zero-order valence-corrected chi connectivity index (χ0v) is 23.3. The number of carbonyl (C=O) groups excluding carboxylic acids is 2. The molecule has 7 aromatic rings. The molecule has 0 amide bonds. The molecule has 7 rings (SSSR count). The first-order chi connectivity index (χ1) is 19.5. The number of hydrogen-bond donors (Lipinski definition) is 2. The molecule has 3 aromatic carbocycles. The van der Waals surface area contributed by atoms with E-state index >= 15 is 0 Å². The number of fused-ring (bicyclic) bond motifs is 5. The molecule has 4 aromatic heterocycles. The summed E-state index contributed by atoms with van der Waals surface area (Å²) in [5.41, 5.74) is 5.42. The number of aliphatic carboxylic acids is 2. The zero-order chi connectivity index (χ0) is 27.9. The van der Waals surface area contributed by atoms with E-state index in [4.69, 9.17) is 0 Å². The Hall–Kier alpha value is -5.03. The summed E-state index contributed by atoms with van der Waals surface area (Å²) in [6, 6.07) is 27.3. The maximum atomic E-state index is 10.4. The number of carboxylic acids is 2. The molecule has 4 heterocycles. The average molecular weight is 607 g/mol. The van der Waals surface area contributed by atoms with E-state index in [-0.39, 0.29) is 35.1 Å². The van der Waals surface area contributed by atoms with Crippen molar-refractivity contribution in [2.24, 2.45) is 0 Å². The van der Waals surface area contributed by atoms with Crippen LogP contribution in [0.2, 0.25) is 0 Å². The number of carbonyl (C=O) groups is 2. The molecule has 0 saturated heterocycles. The van der Waals surface area contributed by atoms with Crippen LogP contribution in [0.15, 0.2) is 110 Å². The molecule has 0 aliphatic rings. The third-order valence-electron chi connectivity index (χ3n) is 6.36. The molecule has 1 radical (unpaired) electrons. The molecule has 0 spiro atoms. The summed E-state index contributed by atoms with van der Waals surface area (Å²) in [4.78, 5) is 35.5. The second kappa shape index (κ2) is 14.6. The van der Waals surface area contributed by atoms with Crippen LogP contribution < -0.4 is 10.2 Å². The summed E-state index contributed by atoms with van der Waals surface area (Å²) in [6.07, 6.45) is 6.95. The Morgan fingerprint density at radius 2 is 1.00 bits per heavy atom. The van der Waals surface area contributed by atoms with E-state index in [1.807, 2.05) is 60.7 Å². The van der Waals surface area contributed by atoms with Crippen molar-refractivity contribution in [1.82, 2.24) is 19.9 Å². The first kappa shape index (κ1) is 31.5. The molecule has 0 atom stereocenters. The van der Waals surface area contributed by atoms with Crippen molar-refractivity contribution in [3.63, 3.8) is 0 Å². The van der Waals surface area contributed by atoms with Gasteiger partial charge < -0.3 is 35.2 Å². The van der Waals surface area contributed by atoms with Crippen molar-refractivity contribution in [1.29, 1.82) is 0 Å². The molecule has 0 bridgehead atoms. The number of aromatic nitrogens is 4. The molecule has 42 heavy (non-hydrogen) atoms. The summed E-state index contributed by atoms with van der Waals surface area (Å²) >= 11 is 0. The van der Waals surface area contributed by atoms with Gasteiger partial charge in [-0.05, 0) is 35.4 Å². The quantitative estimate of drug-likeness (QED) is 0.231. The molecule has 0 fully saturated rings. The van der Waals surface area contributed by atoms with Gasteiger partial charge in [0.25, 0.3) is 0 Å². The molecule has 0 saturated carbocycles. The number of nitrogens with zero attached hydrogens (tertiary/aromatic N) is 2. The van der Waals surface area contributed by atoms with Crippen LogP contribution in [0, 0.1) is 0 Å². The van der Waals surface area contributed by atoms with Crippen LogP contribution in [0.4, 0.5) is 0 Å². The fourth-order valence-electron chi connectivity index (χ4n) is 4.55. The first-order valence-electron chi connectivity index (χ1n) is 12.6. The van der Waals surface area contributed by atoms with Crippen LogP contribution in [0.25, 0.3) is 43.6 Å². The largest absolute Gasteiger partial charge is 2.00 e. The van der Waals surface area contributed by atoms with Gasteiger partial charge in [0.15, 0.2) is 0 Å². The molecule has 0 unspecified atom stereocenters. The second-order valence-corrected chi connectivity index (χ2v) is 9.03. The smallest absolute Gasteiger partial charge is 0.550 e. The van der Waals surface area contributed by atoms with Crippen LogP contribution in [-0.4, -0.2) is 31.9 Å². The van der Waals surface area contributed by atoms with Crippen LogP contribution in [0.1, 0.15) is 11.1 Å². The minimum absolute atomic E-state index is 0. The minimum atomic E-state index is -1.05. The molecular weight excluding hydrogens is 579 g/mol. The van der Waals surface area contributed by atoms with E-state index in [2.05, 4.69) is 44.2 Å². The molecule has 213 valence electrons. The Balaban J connectivity index is 0.000000169. The standard InChI is InChI=1S/C12H8N2.2C10H9NO2.Co.H2O/c1-3-9-5-6-10-4-2-8-14-12(10)11(9)13-7-1;2*12-10(13)5-7-6-11-9-4-2-1-3-8(7)9;;/h1-8H;2*1-4,6,11H,5H2,(H,12,13);;1H2/q;;;+2;/p-1. The van der Waals surface area contributed by atoms with Gasteiger partial charge >= 0.3 is 16.8 Å². The normalized spacial score (nSPS) is 10.1. The fourth-order valence-corrected chi connectivity index (χ4v) is 4.55. The fraction of sp³-hybridized carbons (Fsp3) is 0.0625. The van der Waals surface area contributed by atoms with Crippen molar-refractivity contribution in [3.8, 4) is 0 Å². The number of carboxylic acid groups (broad SMARTS) is 2. The van der Waals surface area contributed by atoms with Crippen LogP contribution >= 0.6 is 0 Å². The molecule has 0 aliphatic carbocycles. The van der Waals surface area contributed by atoms with E-state index < -0.39 is 11.9 Å². The number of pyridine rings is 2. The van der Waals surface area contributed by atoms with E-state index in [9.17, 15) is 19.8 Å². The average Bonchev–Trinajstić information content (AvgIpc) is 3.57. The van der Waals surface area contributed by atoms with Gasteiger partial charge in [-0.2, -0.15) is 0 Å². The van der Waals surface area contributed by atoms with Gasteiger partial charge in [-0.15, -0.1) is 0 Å². The van der Waals surface area contributed by atoms with E-state index in [0.717, 1.165) is 54.7 Å². The Bertz CT molecular complexity index is 1810. The SMILES string of the molecule is O=C([O-])Cc1c[nH]c2ccccc12.O=C([O-])Cc1c[nH]c2ccccc12.[Co+2].[OH3+].c1cnc2c(c1)ccc1cccnc12. The summed E-state index contributed by atoms with van der Waals surface area (Å²) in [5, 5.41) is 24.9. The molecule has 0 aliphatic heterocycles. The number of hydrogen-bond acceptors (Lipinski definition) is 6. The topological polar surface area (TPSA) is 171 Å². The van der Waals surface area contributed by atoms with Crippen molar-refractivity contribution < 1.29 is 42.1 Å². The van der Waals surface area contributed by atoms with Gasteiger partial charge in [0, 0.05) is 82.1 Å². The van der Waals surface area contributed by atoms with Crippen molar-refractivity contribution in [3.05, 3.63) is 121 Å². The van der Waals surface area contributed by atoms with Gasteiger partial charge in [0.2, 0.25) is 0 Å². The number of rotatable bonds is 4. The molecule has 9 nitrogen and oxygen atoms in total. The monoisotopic (exact) mass is 606 g/mol. The number of aromatic amines is 2. The van der Waals surface area contributed by atoms with Crippen molar-refractivity contribution in [2.45, 2.75) is 12.8 Å². The maximum absolute atomic E-state index is 10.4. The van der Waals surface area contributed by atoms with Crippen LogP contribution in [0.3, 0.4) is 0 Å². The summed E-state index contributed by atoms with van der Waals surface area (Å²) in [7, 11) is 0. The van der Waals surface area contributed by atoms with Gasteiger partial charge in [0.05, 0.1) is 11.0 Å². The predicted octanol–water partition coefficient (Wildman–Crippen LogP) is 2.78. The van der Waals surface area contributed by atoms with E-state index in [1.165, 1.54) is 0 Å². The number of H-pyrrole nitrogens is 2. The zero-order valence-electron chi connectivity index (χ0n) is 22.2. The Kier molecular flexibility index (Phi) is 10.9. The molecule has 5 N–H and O–H groups in total. The van der Waals surface area contributed by atoms with E-state index in [1.54, 1.807) is 24.8 Å². The minimum Gasteiger partial charge on any atom is -0.550 e. The third-order valence-corrected chi connectivity index (χ3v) is 6.36.